The van der Waals surface area contributed by atoms with Crippen LogP contribution in [0.25, 0.3) is 0 Å². The third-order valence-electron chi connectivity index (χ3n) is 4.51. The fraction of sp³-hybridized carbons (Fsp3) is 0.400. The molecule has 2 aromatic carbocycles. The smallest absolute Gasteiger partial charge is 0.161 e. The normalized spacial score (nSPS) is 18.7. The number of ether oxygens (including phenoxy) is 3. The van der Waals surface area contributed by atoms with Gasteiger partial charge in [-0.05, 0) is 24.3 Å². The van der Waals surface area contributed by atoms with E-state index in [-0.39, 0.29) is 11.6 Å². The van der Waals surface area contributed by atoms with Crippen molar-refractivity contribution >= 4 is 23.2 Å². The monoisotopic (exact) mass is 429 g/mol. The molecule has 2 unspecified atom stereocenters. The van der Waals surface area contributed by atoms with Gasteiger partial charge in [0, 0.05) is 30.2 Å². The molecule has 1 saturated heterocycles. The van der Waals surface area contributed by atoms with E-state index in [1.807, 2.05) is 17.0 Å². The predicted octanol–water partition coefficient (Wildman–Crippen LogP) is 3.95. The van der Waals surface area contributed by atoms with Crippen molar-refractivity contribution in [1.29, 1.82) is 0 Å². The second-order valence-electron chi connectivity index (χ2n) is 6.52. The SMILES string of the molecule is COc1ccccc1OCC(O)CN1CCOC(c2cc(F)c(Cl)cc2Cl)C1. The largest absolute Gasteiger partial charge is 0.493 e. The molecule has 1 N–H and O–H groups in total. The molecule has 1 fully saturated rings. The minimum atomic E-state index is -0.707. The van der Waals surface area contributed by atoms with Crippen LogP contribution in [0.3, 0.4) is 0 Å². The Kier molecular flexibility index (Phi) is 7.37. The quantitative estimate of drug-likeness (QED) is 0.675. The van der Waals surface area contributed by atoms with Crippen LogP contribution >= 0.6 is 23.2 Å². The fourth-order valence-electron chi connectivity index (χ4n) is 3.12. The van der Waals surface area contributed by atoms with Crippen LogP contribution in [0.15, 0.2) is 36.4 Å². The number of aliphatic hydroxyl groups excluding tert-OH is 1. The highest BCUT2D eigenvalue weighted by atomic mass is 35.5. The van der Waals surface area contributed by atoms with Gasteiger partial charge in [0.05, 0.1) is 24.8 Å². The maximum atomic E-state index is 13.8. The molecule has 0 bridgehead atoms. The molecule has 0 saturated carbocycles. The maximum absolute atomic E-state index is 13.8. The number of hydrogen-bond acceptors (Lipinski definition) is 5. The first kappa shape index (κ1) is 21.1. The first-order valence-electron chi connectivity index (χ1n) is 8.90. The summed E-state index contributed by atoms with van der Waals surface area (Å²) in [5.41, 5.74) is 0.549. The third-order valence-corrected chi connectivity index (χ3v) is 5.12. The number of aliphatic hydroxyl groups is 1. The summed E-state index contributed by atoms with van der Waals surface area (Å²) in [7, 11) is 1.57. The third kappa shape index (κ3) is 5.27. The lowest BCUT2D eigenvalue weighted by Crippen LogP contribution is -2.43. The molecule has 1 aliphatic heterocycles. The Bertz CT molecular complexity index is 808. The number of para-hydroxylation sites is 2. The summed E-state index contributed by atoms with van der Waals surface area (Å²) >= 11 is 12.0. The van der Waals surface area contributed by atoms with E-state index in [9.17, 15) is 9.50 Å². The highest BCUT2D eigenvalue weighted by Crippen LogP contribution is 2.32. The first-order chi connectivity index (χ1) is 13.5. The molecule has 1 aliphatic rings. The second-order valence-corrected chi connectivity index (χ2v) is 7.34. The maximum Gasteiger partial charge on any atom is 0.161 e. The van der Waals surface area contributed by atoms with Gasteiger partial charge in [-0.1, -0.05) is 35.3 Å². The lowest BCUT2D eigenvalue weighted by atomic mass is 10.1. The van der Waals surface area contributed by atoms with Gasteiger partial charge in [-0.3, -0.25) is 4.90 Å². The van der Waals surface area contributed by atoms with E-state index in [1.165, 1.54) is 12.1 Å². The molecule has 2 aromatic rings. The molecule has 1 heterocycles. The van der Waals surface area contributed by atoms with E-state index < -0.39 is 18.0 Å². The van der Waals surface area contributed by atoms with Gasteiger partial charge >= 0.3 is 0 Å². The molecule has 152 valence electrons. The number of β-amino-alcohol motifs (C(OH)–C–C–N with tert-alkyl or cyclic N) is 1. The molecule has 0 amide bonds. The predicted molar refractivity (Wildman–Crippen MR) is 106 cm³/mol. The van der Waals surface area contributed by atoms with Gasteiger partial charge in [-0.2, -0.15) is 0 Å². The van der Waals surface area contributed by atoms with Crippen molar-refractivity contribution < 1.29 is 23.7 Å². The first-order valence-corrected chi connectivity index (χ1v) is 9.65. The summed E-state index contributed by atoms with van der Waals surface area (Å²) in [6.45, 7) is 2.09. The van der Waals surface area contributed by atoms with Gasteiger partial charge in [0.25, 0.3) is 0 Å². The van der Waals surface area contributed by atoms with Crippen molar-refractivity contribution in [2.24, 2.45) is 0 Å². The summed E-state index contributed by atoms with van der Waals surface area (Å²) in [5, 5.41) is 10.7. The molecular formula is C20H22Cl2FNO4. The van der Waals surface area contributed by atoms with Crippen LogP contribution in [0.5, 0.6) is 11.5 Å². The van der Waals surface area contributed by atoms with Crippen LogP contribution in [0.2, 0.25) is 10.0 Å². The molecule has 3 rings (SSSR count). The van der Waals surface area contributed by atoms with Gasteiger partial charge in [-0.15, -0.1) is 0 Å². The Morgan fingerprint density at radius 2 is 2.00 bits per heavy atom. The van der Waals surface area contributed by atoms with Crippen molar-refractivity contribution in [2.45, 2.75) is 12.2 Å². The van der Waals surface area contributed by atoms with Crippen molar-refractivity contribution in [2.75, 3.05) is 40.0 Å². The molecule has 8 heteroatoms. The van der Waals surface area contributed by atoms with Gasteiger partial charge in [0.2, 0.25) is 0 Å². The van der Waals surface area contributed by atoms with Crippen molar-refractivity contribution in [3.05, 3.63) is 57.8 Å². The number of hydrogen-bond donors (Lipinski definition) is 1. The number of rotatable bonds is 7. The summed E-state index contributed by atoms with van der Waals surface area (Å²) in [4.78, 5) is 2.03. The van der Waals surface area contributed by atoms with Gasteiger partial charge in [-0.25, -0.2) is 4.39 Å². The molecule has 0 aromatic heterocycles. The van der Waals surface area contributed by atoms with E-state index >= 15 is 0 Å². The number of methoxy groups -OCH3 is 1. The number of nitrogens with zero attached hydrogens (tertiary/aromatic N) is 1. The Morgan fingerprint density at radius 3 is 2.75 bits per heavy atom. The van der Waals surface area contributed by atoms with Gasteiger partial charge < -0.3 is 19.3 Å². The molecular weight excluding hydrogens is 408 g/mol. The topological polar surface area (TPSA) is 51.2 Å². The summed E-state index contributed by atoms with van der Waals surface area (Å²) < 4.78 is 30.5. The Labute approximate surface area is 173 Å². The summed E-state index contributed by atoms with van der Waals surface area (Å²) in [5.74, 6) is 0.653. The average Bonchev–Trinajstić information content (AvgIpc) is 2.69. The van der Waals surface area contributed by atoms with Crippen LogP contribution < -0.4 is 9.47 Å². The van der Waals surface area contributed by atoms with E-state index in [1.54, 1.807) is 19.2 Å². The van der Waals surface area contributed by atoms with Crippen molar-refractivity contribution in [1.82, 2.24) is 4.90 Å². The minimum Gasteiger partial charge on any atom is -0.493 e. The Balaban J connectivity index is 1.56. The van der Waals surface area contributed by atoms with Crippen LogP contribution in [0.4, 0.5) is 4.39 Å². The van der Waals surface area contributed by atoms with Crippen molar-refractivity contribution in [3.8, 4) is 11.5 Å². The molecule has 2 atom stereocenters. The van der Waals surface area contributed by atoms with Crippen LogP contribution in [-0.2, 0) is 4.74 Å². The molecule has 0 spiro atoms. The van der Waals surface area contributed by atoms with Crippen LogP contribution in [0, 0.1) is 5.82 Å². The molecule has 0 aliphatic carbocycles. The summed E-state index contributed by atoms with van der Waals surface area (Å²) in [6, 6.07) is 9.95. The zero-order valence-electron chi connectivity index (χ0n) is 15.4. The highest BCUT2D eigenvalue weighted by Gasteiger charge is 2.26. The van der Waals surface area contributed by atoms with E-state index in [2.05, 4.69) is 0 Å². The second kappa shape index (κ2) is 9.76. The van der Waals surface area contributed by atoms with E-state index in [4.69, 9.17) is 37.4 Å². The number of benzene rings is 2. The standard InChI is InChI=1S/C20H22Cl2FNO4/c1-26-18-4-2-3-5-19(18)28-12-13(25)10-24-6-7-27-20(11-24)14-8-17(23)16(22)9-15(14)21/h2-5,8-9,13,20,25H,6-7,10-12H2,1H3. The molecule has 28 heavy (non-hydrogen) atoms. The lowest BCUT2D eigenvalue weighted by molar-refractivity contribution is -0.0460. The summed E-state index contributed by atoms with van der Waals surface area (Å²) in [6.07, 6.45) is -1.10. The van der Waals surface area contributed by atoms with E-state index in [0.29, 0.717) is 48.3 Å². The fourth-order valence-corrected chi connectivity index (χ4v) is 3.62. The number of halogens is 3. The zero-order valence-corrected chi connectivity index (χ0v) is 16.9. The minimum absolute atomic E-state index is 0.0228. The Morgan fingerprint density at radius 1 is 1.25 bits per heavy atom. The average molecular weight is 430 g/mol. The Hall–Kier alpha value is -1.57. The zero-order chi connectivity index (χ0) is 20.1. The molecule has 0 radical (unpaired) electrons. The van der Waals surface area contributed by atoms with Crippen LogP contribution in [-0.4, -0.2) is 56.1 Å². The lowest BCUT2D eigenvalue weighted by Gasteiger charge is -2.34. The van der Waals surface area contributed by atoms with Crippen molar-refractivity contribution in [3.63, 3.8) is 0 Å². The molecule has 5 nitrogen and oxygen atoms in total. The van der Waals surface area contributed by atoms with Gasteiger partial charge in [0.15, 0.2) is 11.5 Å². The number of morpholine rings is 1. The van der Waals surface area contributed by atoms with E-state index in [0.717, 1.165) is 0 Å². The van der Waals surface area contributed by atoms with Crippen LogP contribution in [0.1, 0.15) is 11.7 Å². The highest BCUT2D eigenvalue weighted by molar-refractivity contribution is 6.35. The van der Waals surface area contributed by atoms with Gasteiger partial charge in [0.1, 0.15) is 18.5 Å².